The van der Waals surface area contributed by atoms with Crippen LogP contribution in [0.1, 0.15) is 5.56 Å². The van der Waals surface area contributed by atoms with Crippen LogP contribution in [0.3, 0.4) is 0 Å². The van der Waals surface area contributed by atoms with E-state index in [1.54, 1.807) is 12.1 Å². The first-order valence-electron chi connectivity index (χ1n) is 5.85. The smallest absolute Gasteiger partial charge is 0.206 e. The third-order valence-electron chi connectivity index (χ3n) is 2.84. The maximum atomic E-state index is 13.1. The van der Waals surface area contributed by atoms with E-state index in [1.807, 2.05) is 0 Å². The highest BCUT2D eigenvalue weighted by Gasteiger charge is 2.19. The van der Waals surface area contributed by atoms with E-state index in [1.165, 1.54) is 12.1 Å². The Labute approximate surface area is 115 Å². The molecule has 2 aromatic carbocycles. The zero-order valence-corrected chi connectivity index (χ0v) is 11.2. The number of rotatable bonds is 4. The highest BCUT2D eigenvalue weighted by Crippen LogP contribution is 2.22. The molecule has 6 heteroatoms. The molecule has 106 valence electrons. The molecule has 0 fully saturated rings. The molecule has 0 atom stereocenters. The third kappa shape index (κ3) is 2.86. The molecule has 0 unspecified atom stereocenters. The minimum atomic E-state index is -3.88. The van der Waals surface area contributed by atoms with Gasteiger partial charge >= 0.3 is 0 Å². The molecule has 2 aromatic rings. The SMILES string of the molecule is O=S(=O)(c1ccc(CCO)cc1)c1ccc(F)c(F)c1. The molecular formula is C14H12F2O3S. The molecule has 0 saturated heterocycles. The van der Waals surface area contributed by atoms with E-state index in [-0.39, 0.29) is 16.4 Å². The molecule has 0 aliphatic rings. The van der Waals surface area contributed by atoms with Crippen LogP contribution in [-0.4, -0.2) is 20.1 Å². The Hall–Kier alpha value is -1.79. The number of hydrogen-bond donors (Lipinski definition) is 1. The van der Waals surface area contributed by atoms with Gasteiger partial charge in [0.1, 0.15) is 0 Å². The van der Waals surface area contributed by atoms with Crippen molar-refractivity contribution in [1.29, 1.82) is 0 Å². The summed E-state index contributed by atoms with van der Waals surface area (Å²) in [6, 6.07) is 8.36. The lowest BCUT2D eigenvalue weighted by molar-refractivity contribution is 0.299. The van der Waals surface area contributed by atoms with Crippen LogP contribution < -0.4 is 0 Å². The normalized spacial score (nSPS) is 11.6. The van der Waals surface area contributed by atoms with Crippen LogP contribution in [0.4, 0.5) is 8.78 Å². The predicted octanol–water partition coefficient (Wildman–Crippen LogP) is 2.33. The lowest BCUT2D eigenvalue weighted by Gasteiger charge is -2.06. The van der Waals surface area contributed by atoms with Crippen molar-refractivity contribution in [3.63, 3.8) is 0 Å². The van der Waals surface area contributed by atoms with E-state index in [4.69, 9.17) is 5.11 Å². The number of benzene rings is 2. The summed E-state index contributed by atoms with van der Waals surface area (Å²) in [5, 5.41) is 8.79. The average Bonchev–Trinajstić information content (AvgIpc) is 2.43. The Balaban J connectivity index is 2.41. The van der Waals surface area contributed by atoms with Crippen LogP contribution in [0.15, 0.2) is 52.3 Å². The van der Waals surface area contributed by atoms with Crippen molar-refractivity contribution in [2.24, 2.45) is 0 Å². The Morgan fingerprint density at radius 3 is 2.05 bits per heavy atom. The fraction of sp³-hybridized carbons (Fsp3) is 0.143. The van der Waals surface area contributed by atoms with E-state index >= 15 is 0 Å². The molecule has 3 nitrogen and oxygen atoms in total. The molecule has 0 aliphatic carbocycles. The van der Waals surface area contributed by atoms with Gasteiger partial charge in [-0.15, -0.1) is 0 Å². The first-order chi connectivity index (χ1) is 9.45. The maximum absolute atomic E-state index is 13.1. The maximum Gasteiger partial charge on any atom is 0.206 e. The van der Waals surface area contributed by atoms with Gasteiger partial charge in [0, 0.05) is 6.61 Å². The van der Waals surface area contributed by atoms with Crippen molar-refractivity contribution < 1.29 is 22.3 Å². The summed E-state index contributed by atoms with van der Waals surface area (Å²) in [6.07, 6.45) is 0.422. The Bertz CT molecular complexity index is 710. The van der Waals surface area contributed by atoms with Crippen LogP contribution >= 0.6 is 0 Å². The number of aliphatic hydroxyl groups is 1. The van der Waals surface area contributed by atoms with Gasteiger partial charge in [0.2, 0.25) is 9.84 Å². The van der Waals surface area contributed by atoms with Crippen molar-refractivity contribution in [3.05, 3.63) is 59.7 Å². The first kappa shape index (κ1) is 14.6. The lowest BCUT2D eigenvalue weighted by Crippen LogP contribution is -2.03. The van der Waals surface area contributed by atoms with Gasteiger partial charge in [0.25, 0.3) is 0 Å². The van der Waals surface area contributed by atoms with Crippen molar-refractivity contribution >= 4 is 9.84 Å². The molecular weight excluding hydrogens is 286 g/mol. The summed E-state index contributed by atoms with van der Waals surface area (Å²) in [4.78, 5) is -0.309. The fourth-order valence-corrected chi connectivity index (χ4v) is 3.02. The van der Waals surface area contributed by atoms with Gasteiger partial charge in [-0.3, -0.25) is 0 Å². The second-order valence-electron chi connectivity index (χ2n) is 4.20. The lowest BCUT2D eigenvalue weighted by atomic mass is 10.2. The van der Waals surface area contributed by atoms with Crippen LogP contribution in [0.25, 0.3) is 0 Å². The highest BCUT2D eigenvalue weighted by molar-refractivity contribution is 7.91. The number of sulfone groups is 1. The van der Waals surface area contributed by atoms with Crippen LogP contribution in [-0.2, 0) is 16.3 Å². The molecule has 0 aromatic heterocycles. The van der Waals surface area contributed by atoms with E-state index in [2.05, 4.69) is 0 Å². The monoisotopic (exact) mass is 298 g/mol. The van der Waals surface area contributed by atoms with E-state index in [0.29, 0.717) is 12.5 Å². The molecule has 0 aliphatic heterocycles. The zero-order valence-electron chi connectivity index (χ0n) is 10.4. The minimum Gasteiger partial charge on any atom is -0.396 e. The molecule has 20 heavy (non-hydrogen) atoms. The number of halogens is 2. The van der Waals surface area contributed by atoms with Crippen molar-refractivity contribution in [3.8, 4) is 0 Å². The highest BCUT2D eigenvalue weighted by atomic mass is 32.2. The topological polar surface area (TPSA) is 54.4 Å². The van der Waals surface area contributed by atoms with Crippen LogP contribution in [0, 0.1) is 11.6 Å². The quantitative estimate of drug-likeness (QED) is 0.881. The standard InChI is InChI=1S/C14H12F2O3S/c15-13-6-5-12(9-14(13)16)20(18,19)11-3-1-10(2-4-11)7-8-17/h1-6,9,17H,7-8H2. The molecule has 0 spiro atoms. The summed E-state index contributed by atoms with van der Waals surface area (Å²) in [7, 11) is -3.88. The van der Waals surface area contributed by atoms with E-state index in [0.717, 1.165) is 17.7 Å². The molecule has 0 bridgehead atoms. The molecule has 0 saturated carbocycles. The summed E-state index contributed by atoms with van der Waals surface area (Å²) in [5.74, 6) is -2.30. The van der Waals surface area contributed by atoms with Crippen molar-refractivity contribution in [2.45, 2.75) is 16.2 Å². The van der Waals surface area contributed by atoms with Gasteiger partial charge in [-0.25, -0.2) is 17.2 Å². The van der Waals surface area contributed by atoms with Gasteiger partial charge in [0.05, 0.1) is 9.79 Å². The zero-order chi connectivity index (χ0) is 14.8. The third-order valence-corrected chi connectivity index (χ3v) is 4.60. The van der Waals surface area contributed by atoms with Gasteiger partial charge in [-0.05, 0) is 42.3 Å². The van der Waals surface area contributed by atoms with E-state index < -0.39 is 21.5 Å². The second kappa shape index (κ2) is 5.68. The molecule has 0 heterocycles. The Morgan fingerprint density at radius 1 is 0.900 bits per heavy atom. The minimum absolute atomic E-state index is 0.00908. The van der Waals surface area contributed by atoms with Gasteiger partial charge in [-0.1, -0.05) is 12.1 Å². The summed E-state index contributed by atoms with van der Waals surface area (Å²) >= 11 is 0. The fourth-order valence-electron chi connectivity index (χ4n) is 1.74. The van der Waals surface area contributed by atoms with Crippen LogP contribution in [0.2, 0.25) is 0 Å². The average molecular weight is 298 g/mol. The molecule has 2 rings (SSSR count). The van der Waals surface area contributed by atoms with Crippen molar-refractivity contribution in [2.75, 3.05) is 6.61 Å². The number of hydrogen-bond acceptors (Lipinski definition) is 3. The number of aliphatic hydroxyl groups excluding tert-OH is 1. The predicted molar refractivity (Wildman–Crippen MR) is 69.0 cm³/mol. The van der Waals surface area contributed by atoms with Crippen LogP contribution in [0.5, 0.6) is 0 Å². The Kier molecular flexibility index (Phi) is 4.15. The van der Waals surface area contributed by atoms with Gasteiger partial charge in [0.15, 0.2) is 11.6 Å². The summed E-state index contributed by atoms with van der Waals surface area (Å²) < 4.78 is 50.4. The summed E-state index contributed by atoms with van der Waals surface area (Å²) in [5.41, 5.74) is 0.789. The second-order valence-corrected chi connectivity index (χ2v) is 6.15. The van der Waals surface area contributed by atoms with E-state index in [9.17, 15) is 17.2 Å². The summed E-state index contributed by atoms with van der Waals surface area (Å²) in [6.45, 7) is -0.0325. The first-order valence-corrected chi connectivity index (χ1v) is 7.33. The molecule has 1 N–H and O–H groups in total. The van der Waals surface area contributed by atoms with Crippen molar-refractivity contribution in [1.82, 2.24) is 0 Å². The van der Waals surface area contributed by atoms with Gasteiger partial charge in [-0.2, -0.15) is 0 Å². The molecule has 0 amide bonds. The largest absolute Gasteiger partial charge is 0.396 e. The Morgan fingerprint density at radius 2 is 1.50 bits per heavy atom. The van der Waals surface area contributed by atoms with Gasteiger partial charge < -0.3 is 5.11 Å². The molecule has 0 radical (unpaired) electrons.